The number of nitrogens with zero attached hydrogens (tertiary/aromatic N) is 2. The predicted octanol–water partition coefficient (Wildman–Crippen LogP) is 1.85. The summed E-state index contributed by atoms with van der Waals surface area (Å²) in [5.41, 5.74) is 2.72. The van der Waals surface area contributed by atoms with Crippen molar-refractivity contribution in [1.29, 1.82) is 0 Å². The van der Waals surface area contributed by atoms with E-state index in [1.807, 2.05) is 7.05 Å². The van der Waals surface area contributed by atoms with E-state index in [0.717, 1.165) is 25.3 Å². The summed E-state index contributed by atoms with van der Waals surface area (Å²) in [5, 5.41) is 7.54. The first kappa shape index (κ1) is 13.0. The van der Waals surface area contributed by atoms with Gasteiger partial charge < -0.3 is 14.6 Å². The van der Waals surface area contributed by atoms with Crippen LogP contribution >= 0.6 is 0 Å². The SMILES string of the molecule is CNC1CCOCC1c1nc(C2Cc3ccccc32)no1. The second kappa shape index (κ2) is 5.24. The minimum atomic E-state index is 0.153. The first-order valence-electron chi connectivity index (χ1n) is 7.53. The number of rotatable bonds is 3. The molecule has 0 amide bonds. The highest BCUT2D eigenvalue weighted by atomic mass is 16.5. The Kier molecular flexibility index (Phi) is 3.24. The van der Waals surface area contributed by atoms with E-state index in [1.54, 1.807) is 0 Å². The van der Waals surface area contributed by atoms with Crippen molar-refractivity contribution in [3.63, 3.8) is 0 Å². The van der Waals surface area contributed by atoms with Crippen LogP contribution in [0, 0.1) is 0 Å². The van der Waals surface area contributed by atoms with Crippen LogP contribution in [0.3, 0.4) is 0 Å². The molecule has 1 aliphatic heterocycles. The zero-order chi connectivity index (χ0) is 14.2. The molecule has 0 radical (unpaired) electrons. The molecule has 3 atom stereocenters. The number of hydrogen-bond acceptors (Lipinski definition) is 5. The fraction of sp³-hybridized carbons (Fsp3) is 0.500. The maximum Gasteiger partial charge on any atom is 0.233 e. The van der Waals surface area contributed by atoms with Crippen LogP contribution in [0.1, 0.15) is 41.1 Å². The summed E-state index contributed by atoms with van der Waals surface area (Å²) in [7, 11) is 1.97. The van der Waals surface area contributed by atoms with Crippen LogP contribution in [0.15, 0.2) is 28.8 Å². The van der Waals surface area contributed by atoms with Crippen LogP contribution in [-0.4, -0.2) is 36.4 Å². The van der Waals surface area contributed by atoms with Gasteiger partial charge in [-0.25, -0.2) is 0 Å². The van der Waals surface area contributed by atoms with Crippen molar-refractivity contribution in [2.45, 2.75) is 30.7 Å². The molecule has 2 heterocycles. The first-order valence-corrected chi connectivity index (χ1v) is 7.53. The van der Waals surface area contributed by atoms with Gasteiger partial charge in [0.1, 0.15) is 0 Å². The van der Waals surface area contributed by atoms with Gasteiger partial charge in [0.05, 0.1) is 18.4 Å². The molecule has 0 saturated carbocycles. The van der Waals surface area contributed by atoms with Gasteiger partial charge in [0, 0.05) is 12.6 Å². The number of nitrogens with one attached hydrogen (secondary N) is 1. The van der Waals surface area contributed by atoms with Gasteiger partial charge >= 0.3 is 0 Å². The maximum absolute atomic E-state index is 5.57. The largest absolute Gasteiger partial charge is 0.381 e. The Hall–Kier alpha value is -1.72. The van der Waals surface area contributed by atoms with Crippen molar-refractivity contribution >= 4 is 0 Å². The van der Waals surface area contributed by atoms with Crippen LogP contribution in [0.25, 0.3) is 0 Å². The zero-order valence-corrected chi connectivity index (χ0v) is 12.1. The molecular formula is C16H19N3O2. The molecular weight excluding hydrogens is 266 g/mol. The van der Waals surface area contributed by atoms with Gasteiger partial charge in [0.2, 0.25) is 5.89 Å². The Labute approximate surface area is 123 Å². The average Bonchev–Trinajstić information content (AvgIpc) is 2.97. The summed E-state index contributed by atoms with van der Waals surface area (Å²) < 4.78 is 11.1. The van der Waals surface area contributed by atoms with Crippen molar-refractivity contribution in [1.82, 2.24) is 15.5 Å². The van der Waals surface area contributed by atoms with Gasteiger partial charge in [0.25, 0.3) is 0 Å². The normalized spacial score (nSPS) is 28.0. The Morgan fingerprint density at radius 3 is 3.05 bits per heavy atom. The Balaban J connectivity index is 1.57. The number of fused-ring (bicyclic) bond motifs is 1. The van der Waals surface area contributed by atoms with Gasteiger partial charge in [-0.3, -0.25) is 0 Å². The summed E-state index contributed by atoms with van der Waals surface area (Å²) in [6.45, 7) is 1.44. The Morgan fingerprint density at radius 2 is 2.19 bits per heavy atom. The lowest BCUT2D eigenvalue weighted by Gasteiger charge is -2.29. The third-order valence-corrected chi connectivity index (χ3v) is 4.67. The number of likely N-dealkylation sites (N-methyl/N-ethyl adjacent to an activating group) is 1. The van der Waals surface area contributed by atoms with E-state index < -0.39 is 0 Å². The third kappa shape index (κ3) is 2.17. The molecule has 21 heavy (non-hydrogen) atoms. The standard InChI is InChI=1S/C16H19N3O2/c1-17-14-6-7-20-9-13(14)16-18-15(19-21-16)12-8-10-4-2-3-5-11(10)12/h2-5,12-14,17H,6-9H2,1H3. The van der Waals surface area contributed by atoms with Gasteiger partial charge in [-0.1, -0.05) is 29.4 Å². The molecule has 5 heteroatoms. The second-order valence-corrected chi connectivity index (χ2v) is 5.81. The molecule has 3 unspecified atom stereocenters. The molecule has 2 aromatic rings. The molecule has 5 nitrogen and oxygen atoms in total. The Morgan fingerprint density at radius 1 is 1.29 bits per heavy atom. The van der Waals surface area contributed by atoms with Gasteiger partial charge in [0.15, 0.2) is 5.82 Å². The summed E-state index contributed by atoms with van der Waals surface area (Å²) in [6.07, 6.45) is 1.98. The van der Waals surface area contributed by atoms with E-state index in [0.29, 0.717) is 18.5 Å². The summed E-state index contributed by atoms with van der Waals surface area (Å²) in [6, 6.07) is 8.81. The summed E-state index contributed by atoms with van der Waals surface area (Å²) in [4.78, 5) is 4.66. The minimum Gasteiger partial charge on any atom is -0.381 e. The zero-order valence-electron chi connectivity index (χ0n) is 12.1. The van der Waals surface area contributed by atoms with Crippen molar-refractivity contribution in [3.8, 4) is 0 Å². The average molecular weight is 285 g/mol. The second-order valence-electron chi connectivity index (χ2n) is 5.81. The van der Waals surface area contributed by atoms with E-state index in [2.05, 4.69) is 39.7 Å². The van der Waals surface area contributed by atoms with Crippen molar-refractivity contribution in [3.05, 3.63) is 47.1 Å². The number of aromatic nitrogens is 2. The highest BCUT2D eigenvalue weighted by Crippen LogP contribution is 2.39. The number of ether oxygens (including phenoxy) is 1. The molecule has 0 spiro atoms. The fourth-order valence-electron chi connectivity index (χ4n) is 3.36. The van der Waals surface area contributed by atoms with E-state index >= 15 is 0 Å². The molecule has 0 bridgehead atoms. The molecule has 1 saturated heterocycles. The number of hydrogen-bond donors (Lipinski definition) is 1. The van der Waals surface area contributed by atoms with Gasteiger partial charge in [-0.15, -0.1) is 0 Å². The fourth-order valence-corrected chi connectivity index (χ4v) is 3.36. The maximum atomic E-state index is 5.57. The first-order chi connectivity index (χ1) is 10.4. The van der Waals surface area contributed by atoms with Crippen molar-refractivity contribution in [2.75, 3.05) is 20.3 Å². The molecule has 4 rings (SSSR count). The topological polar surface area (TPSA) is 60.2 Å². The molecule has 1 aromatic heterocycles. The van der Waals surface area contributed by atoms with E-state index in [1.165, 1.54) is 11.1 Å². The van der Waals surface area contributed by atoms with Crippen LogP contribution in [0.4, 0.5) is 0 Å². The lowest BCUT2D eigenvalue weighted by Crippen LogP contribution is -2.39. The van der Waals surface area contributed by atoms with Gasteiger partial charge in [-0.2, -0.15) is 4.98 Å². The van der Waals surface area contributed by atoms with Crippen LogP contribution in [0.2, 0.25) is 0 Å². The van der Waals surface area contributed by atoms with Crippen molar-refractivity contribution in [2.24, 2.45) is 0 Å². The molecule has 1 N–H and O–H groups in total. The van der Waals surface area contributed by atoms with E-state index in [-0.39, 0.29) is 11.8 Å². The lowest BCUT2D eigenvalue weighted by atomic mass is 9.77. The van der Waals surface area contributed by atoms with Crippen molar-refractivity contribution < 1.29 is 9.26 Å². The summed E-state index contributed by atoms with van der Waals surface area (Å²) in [5.74, 6) is 1.95. The van der Waals surface area contributed by atoms with Crippen LogP contribution < -0.4 is 5.32 Å². The van der Waals surface area contributed by atoms with Crippen LogP contribution in [-0.2, 0) is 11.2 Å². The molecule has 110 valence electrons. The lowest BCUT2D eigenvalue weighted by molar-refractivity contribution is 0.0516. The Bertz CT molecular complexity index is 640. The predicted molar refractivity (Wildman–Crippen MR) is 77.3 cm³/mol. The quantitative estimate of drug-likeness (QED) is 0.932. The molecule has 1 aromatic carbocycles. The molecule has 1 fully saturated rings. The molecule has 2 aliphatic rings. The smallest absolute Gasteiger partial charge is 0.233 e. The van der Waals surface area contributed by atoms with Crippen LogP contribution in [0.5, 0.6) is 0 Å². The van der Waals surface area contributed by atoms with Gasteiger partial charge in [-0.05, 0) is 31.0 Å². The monoisotopic (exact) mass is 285 g/mol. The highest BCUT2D eigenvalue weighted by molar-refractivity contribution is 5.43. The third-order valence-electron chi connectivity index (χ3n) is 4.67. The highest BCUT2D eigenvalue weighted by Gasteiger charge is 2.34. The van der Waals surface area contributed by atoms with E-state index in [9.17, 15) is 0 Å². The summed E-state index contributed by atoms with van der Waals surface area (Å²) >= 11 is 0. The minimum absolute atomic E-state index is 0.153. The molecule has 1 aliphatic carbocycles. The number of benzene rings is 1. The van der Waals surface area contributed by atoms with E-state index in [4.69, 9.17) is 9.26 Å².